The second-order valence-electron chi connectivity index (χ2n) is 11.9. The minimum absolute atomic E-state index is 0.00855. The van der Waals surface area contributed by atoms with Gasteiger partial charge in [0.1, 0.15) is 11.9 Å². The zero-order valence-electron chi connectivity index (χ0n) is 23.3. The van der Waals surface area contributed by atoms with Crippen LogP contribution < -0.4 is 10.4 Å². The number of carboxylic acids is 1. The smallest absolute Gasteiger partial charge is 0.430 e. The molecule has 7 nitrogen and oxygen atoms in total. The minimum atomic E-state index is -5.19. The van der Waals surface area contributed by atoms with Crippen LogP contribution in [0.5, 0.6) is 0 Å². The molecule has 3 fully saturated rings. The number of quaternary nitrogens is 1. The molecule has 3 aliphatic heterocycles. The molecule has 2 aromatic rings. The number of carbonyl (C=O) groups excluding carboxylic acids is 2. The number of nitrogens with two attached hydrogens (primary N) is 1. The van der Waals surface area contributed by atoms with Gasteiger partial charge in [-0.05, 0) is 50.0 Å². The lowest BCUT2D eigenvalue weighted by molar-refractivity contribution is -0.640. The molecule has 1 aromatic heterocycles. The largest absolute Gasteiger partial charge is 0.542 e. The summed E-state index contributed by atoms with van der Waals surface area (Å²) in [6.45, 7) is 6.03. The van der Waals surface area contributed by atoms with Crippen molar-refractivity contribution in [2.75, 3.05) is 26.2 Å². The number of likely N-dealkylation sites (tertiary alicyclic amines) is 1. The summed E-state index contributed by atoms with van der Waals surface area (Å²) < 4.78 is 37.6. The van der Waals surface area contributed by atoms with Crippen LogP contribution in [-0.2, 0) is 26.3 Å². The molecular formula is C30H38F3N3O4S. The number of halogens is 3. The zero-order chi connectivity index (χ0) is 29.2. The normalized spacial score (nSPS) is 28.6. The summed E-state index contributed by atoms with van der Waals surface area (Å²) in [5, 5.41) is 12.2. The molecule has 4 aliphatic rings. The van der Waals surface area contributed by atoms with Crippen molar-refractivity contribution in [3.63, 3.8) is 0 Å². The van der Waals surface area contributed by atoms with Crippen molar-refractivity contribution in [3.05, 3.63) is 51.5 Å². The number of thiazole rings is 1. The first-order valence-electron chi connectivity index (χ1n) is 14.6. The van der Waals surface area contributed by atoms with Crippen LogP contribution >= 0.6 is 11.3 Å². The van der Waals surface area contributed by atoms with Gasteiger partial charge in [-0.15, -0.1) is 11.3 Å². The van der Waals surface area contributed by atoms with Crippen LogP contribution in [0.3, 0.4) is 0 Å². The highest BCUT2D eigenvalue weighted by atomic mass is 32.1. The van der Waals surface area contributed by atoms with Crippen LogP contribution in [0.2, 0.25) is 0 Å². The fourth-order valence-electron chi connectivity index (χ4n) is 7.44. The Balaban J connectivity index is 0.000000431. The molecule has 224 valence electrons. The number of hydrogen-bond donors (Lipinski definition) is 1. The number of hydrogen-bond acceptors (Lipinski definition) is 6. The molecule has 6 rings (SSSR count). The molecule has 2 saturated heterocycles. The Bertz CT molecular complexity index is 1220. The van der Waals surface area contributed by atoms with E-state index >= 15 is 0 Å². The van der Waals surface area contributed by atoms with Crippen molar-refractivity contribution in [2.24, 2.45) is 11.8 Å². The van der Waals surface area contributed by atoms with Crippen molar-refractivity contribution < 1.29 is 37.9 Å². The van der Waals surface area contributed by atoms with Crippen LogP contribution in [0.25, 0.3) is 0 Å². The Morgan fingerprint density at radius 2 is 1.85 bits per heavy atom. The number of aryl methyl sites for hydroxylation is 1. The average molecular weight is 594 g/mol. The third-order valence-corrected chi connectivity index (χ3v) is 10.6. The number of carboxylic acid groups (broad SMARTS) is 1. The molecule has 1 aliphatic carbocycles. The summed E-state index contributed by atoms with van der Waals surface area (Å²) in [7, 11) is 0. The first-order chi connectivity index (χ1) is 19.6. The Labute approximate surface area is 242 Å². The summed E-state index contributed by atoms with van der Waals surface area (Å²) in [6.07, 6.45) is 3.54. The van der Waals surface area contributed by atoms with Gasteiger partial charge in [0.25, 0.3) is 0 Å². The van der Waals surface area contributed by atoms with E-state index in [2.05, 4.69) is 47.5 Å². The number of alkyl halides is 3. The number of aliphatic carboxylic acids is 1. The third-order valence-electron chi connectivity index (χ3n) is 9.36. The monoisotopic (exact) mass is 593 g/mol. The number of ether oxygens (including phenoxy) is 1. The van der Waals surface area contributed by atoms with Gasteiger partial charge in [-0.3, -0.25) is 4.79 Å². The Morgan fingerprint density at radius 1 is 1.15 bits per heavy atom. The molecular weight excluding hydrogens is 555 g/mol. The SMILES string of the molecule is Cc1nc2c(s1)[C@@]1(C[NH2+]CC1C(=O)N1CC[C@@H](c3ccccc3)C[C@H]1C1CCCCC1)COC2.O=C([O-])C(F)(F)F. The highest BCUT2D eigenvalue weighted by Gasteiger charge is 2.57. The Kier molecular flexibility index (Phi) is 9.06. The number of rotatable bonds is 3. The fourth-order valence-corrected chi connectivity index (χ4v) is 8.60. The fraction of sp³-hybridized carbons (Fsp3) is 0.633. The van der Waals surface area contributed by atoms with Gasteiger partial charge in [0.15, 0.2) is 0 Å². The van der Waals surface area contributed by atoms with Crippen molar-refractivity contribution in [1.29, 1.82) is 0 Å². The van der Waals surface area contributed by atoms with Gasteiger partial charge in [-0.25, -0.2) is 4.98 Å². The van der Waals surface area contributed by atoms with Crippen molar-refractivity contribution in [1.82, 2.24) is 9.88 Å². The lowest BCUT2D eigenvalue weighted by atomic mass is 9.72. The number of carbonyl (C=O) groups is 2. The first-order valence-corrected chi connectivity index (χ1v) is 15.4. The average Bonchev–Trinajstić information content (AvgIpc) is 3.57. The molecule has 4 atom stereocenters. The number of nitrogens with zero attached hydrogens (tertiary/aromatic N) is 2. The topological polar surface area (TPSA) is 99.2 Å². The highest BCUT2D eigenvalue weighted by molar-refractivity contribution is 7.11. The van der Waals surface area contributed by atoms with Gasteiger partial charge in [0.05, 0.1) is 42.4 Å². The van der Waals surface area contributed by atoms with E-state index in [9.17, 15) is 18.0 Å². The number of fused-ring (bicyclic) bond motifs is 2. The molecule has 1 amide bonds. The molecule has 1 unspecified atom stereocenters. The first kappa shape index (κ1) is 30.0. The number of aromatic nitrogens is 1. The van der Waals surface area contributed by atoms with Gasteiger partial charge >= 0.3 is 6.18 Å². The predicted octanol–water partition coefficient (Wildman–Crippen LogP) is 3.07. The summed E-state index contributed by atoms with van der Waals surface area (Å²) in [5.41, 5.74) is 2.32. The van der Waals surface area contributed by atoms with Crippen LogP contribution in [0, 0.1) is 18.8 Å². The molecule has 0 bridgehead atoms. The molecule has 4 heterocycles. The van der Waals surface area contributed by atoms with Gasteiger partial charge in [0, 0.05) is 17.5 Å². The summed E-state index contributed by atoms with van der Waals surface area (Å²) in [6, 6.07) is 11.4. The predicted molar refractivity (Wildman–Crippen MR) is 145 cm³/mol. The maximum atomic E-state index is 14.4. The minimum Gasteiger partial charge on any atom is -0.542 e. The van der Waals surface area contributed by atoms with E-state index in [0.29, 0.717) is 37.0 Å². The van der Waals surface area contributed by atoms with E-state index in [1.807, 2.05) is 0 Å². The molecule has 1 aromatic carbocycles. The van der Waals surface area contributed by atoms with E-state index in [1.165, 1.54) is 42.5 Å². The Hall–Kier alpha value is -2.50. The van der Waals surface area contributed by atoms with E-state index in [1.54, 1.807) is 11.3 Å². The van der Waals surface area contributed by atoms with E-state index in [-0.39, 0.29) is 11.3 Å². The van der Waals surface area contributed by atoms with Crippen LogP contribution in [0.4, 0.5) is 13.2 Å². The van der Waals surface area contributed by atoms with Crippen molar-refractivity contribution in [3.8, 4) is 0 Å². The maximum Gasteiger partial charge on any atom is 0.430 e. The molecule has 1 spiro atoms. The van der Waals surface area contributed by atoms with Crippen molar-refractivity contribution >= 4 is 23.2 Å². The second-order valence-corrected chi connectivity index (χ2v) is 13.1. The van der Waals surface area contributed by atoms with Gasteiger partial charge in [-0.1, -0.05) is 49.6 Å². The number of benzene rings is 1. The summed E-state index contributed by atoms with van der Waals surface area (Å²) in [5.74, 6) is -1.42. The van der Waals surface area contributed by atoms with E-state index in [0.717, 1.165) is 43.2 Å². The lowest BCUT2D eigenvalue weighted by Crippen LogP contribution is -2.82. The van der Waals surface area contributed by atoms with Gasteiger partial charge < -0.3 is 24.9 Å². The molecule has 11 heteroatoms. The maximum absolute atomic E-state index is 14.4. The van der Waals surface area contributed by atoms with Crippen LogP contribution in [-0.4, -0.2) is 60.2 Å². The van der Waals surface area contributed by atoms with E-state index < -0.39 is 12.1 Å². The lowest BCUT2D eigenvalue weighted by Gasteiger charge is -2.47. The zero-order valence-corrected chi connectivity index (χ0v) is 24.1. The quantitative estimate of drug-likeness (QED) is 0.590. The number of piperidine rings is 1. The number of amides is 1. The van der Waals surface area contributed by atoms with E-state index in [4.69, 9.17) is 19.6 Å². The summed E-state index contributed by atoms with van der Waals surface area (Å²) in [4.78, 5) is 31.6. The molecule has 2 N–H and O–H groups in total. The van der Waals surface area contributed by atoms with Crippen molar-refractivity contribution in [2.45, 2.75) is 82.0 Å². The highest BCUT2D eigenvalue weighted by Crippen LogP contribution is 2.45. The van der Waals surface area contributed by atoms with Crippen LogP contribution in [0.15, 0.2) is 30.3 Å². The van der Waals surface area contributed by atoms with Gasteiger partial charge in [0.2, 0.25) is 5.91 Å². The van der Waals surface area contributed by atoms with Gasteiger partial charge in [-0.2, -0.15) is 13.2 Å². The standard InChI is InChI=1S/C28H37N3O2S.C2HF3O2/c1-19-30-24-16-33-18-28(26(24)34-19)17-29-15-23(28)27(32)31-13-12-22(20-8-4-2-5-9-20)14-25(31)21-10-6-3-7-11-21;3-2(4,5)1(6)7/h2,4-5,8-9,21-23,25,29H,3,6-7,10-18H2,1H3;(H,6,7)/t22-,23?,25+,28+;/m1./s1. The second kappa shape index (κ2) is 12.4. The molecule has 1 saturated carbocycles. The molecule has 41 heavy (non-hydrogen) atoms. The summed E-state index contributed by atoms with van der Waals surface area (Å²) >= 11 is 1.80. The Morgan fingerprint density at radius 3 is 2.54 bits per heavy atom. The molecule has 0 radical (unpaired) electrons. The van der Waals surface area contributed by atoms with Crippen LogP contribution in [0.1, 0.15) is 72.0 Å². The third kappa shape index (κ3) is 6.32.